The molecule has 2 aliphatic rings. The summed E-state index contributed by atoms with van der Waals surface area (Å²) in [5.41, 5.74) is 4.45. The first-order valence-electron chi connectivity index (χ1n) is 16.3. The Morgan fingerprint density at radius 3 is 1.83 bits per heavy atom. The van der Waals surface area contributed by atoms with Crippen LogP contribution >= 0.6 is 0 Å². The summed E-state index contributed by atoms with van der Waals surface area (Å²) < 4.78 is 69.7. The zero-order valence-corrected chi connectivity index (χ0v) is 27.9. The maximum atomic E-state index is 13.4. The Kier molecular flexibility index (Phi) is 13.2. The summed E-state index contributed by atoms with van der Waals surface area (Å²) >= 11 is 0. The number of aliphatic carboxylic acids is 2. The highest BCUT2D eigenvalue weighted by molar-refractivity contribution is 6.06. The van der Waals surface area contributed by atoms with Crippen LogP contribution in [0.3, 0.4) is 0 Å². The van der Waals surface area contributed by atoms with E-state index in [1.165, 1.54) is 24.0 Å². The summed E-state index contributed by atoms with van der Waals surface area (Å²) in [6, 6.07) is 28.6. The maximum absolute atomic E-state index is 13.4. The SMILES string of the molecule is O=C(O)C(F)(F)F.O=C(O)C(F)(F)F.O=C(c1ccnc2ccccc12)N1CCC2(CCN(Cc3ccccc3OCc3ccccc3)CC2)CC1. The van der Waals surface area contributed by atoms with Gasteiger partial charge in [-0.15, -0.1) is 0 Å². The first kappa shape index (κ1) is 39.6. The number of piperidine rings is 2. The summed E-state index contributed by atoms with van der Waals surface area (Å²) in [5, 5.41) is 15.2. The fourth-order valence-electron chi connectivity index (χ4n) is 6.07. The lowest BCUT2D eigenvalue weighted by Crippen LogP contribution is -2.48. The van der Waals surface area contributed by atoms with Crippen molar-refractivity contribution in [2.24, 2.45) is 5.41 Å². The predicted molar refractivity (Wildman–Crippen MR) is 178 cm³/mol. The topological polar surface area (TPSA) is 120 Å². The molecule has 3 heterocycles. The average Bonchev–Trinajstić information content (AvgIpc) is 3.12. The lowest BCUT2D eigenvalue weighted by atomic mass is 9.71. The molecule has 9 nitrogen and oxygen atoms in total. The van der Waals surface area contributed by atoms with Gasteiger partial charge in [-0.3, -0.25) is 14.7 Å². The largest absolute Gasteiger partial charge is 0.490 e. The number of benzene rings is 3. The van der Waals surface area contributed by atoms with Gasteiger partial charge in [0.25, 0.3) is 5.91 Å². The monoisotopic (exact) mass is 733 g/mol. The van der Waals surface area contributed by atoms with Gasteiger partial charge in [0.2, 0.25) is 0 Å². The van der Waals surface area contributed by atoms with Crippen molar-refractivity contribution in [3.8, 4) is 5.75 Å². The van der Waals surface area contributed by atoms with E-state index >= 15 is 0 Å². The number of alkyl halides is 6. The van der Waals surface area contributed by atoms with Crippen molar-refractivity contribution < 1.29 is 55.7 Å². The van der Waals surface area contributed by atoms with Crippen molar-refractivity contribution in [2.45, 2.75) is 51.2 Å². The molecule has 52 heavy (non-hydrogen) atoms. The van der Waals surface area contributed by atoms with Crippen LogP contribution in [0.2, 0.25) is 0 Å². The number of aromatic nitrogens is 1. The second kappa shape index (κ2) is 17.4. The number of amides is 1. The van der Waals surface area contributed by atoms with E-state index in [-0.39, 0.29) is 5.91 Å². The lowest BCUT2D eigenvalue weighted by Gasteiger charge is -2.47. The zero-order chi connectivity index (χ0) is 37.9. The van der Waals surface area contributed by atoms with Crippen LogP contribution in [0.5, 0.6) is 5.75 Å². The molecule has 0 bridgehead atoms. The van der Waals surface area contributed by atoms with Crippen molar-refractivity contribution in [3.63, 3.8) is 0 Å². The van der Waals surface area contributed by atoms with Crippen LogP contribution < -0.4 is 4.74 Å². The second-order valence-electron chi connectivity index (χ2n) is 12.4. The molecule has 0 saturated carbocycles. The number of fused-ring (bicyclic) bond motifs is 1. The van der Waals surface area contributed by atoms with Crippen LogP contribution in [-0.4, -0.2) is 81.4 Å². The van der Waals surface area contributed by atoms with Gasteiger partial charge >= 0.3 is 24.3 Å². The Morgan fingerprint density at radius 2 is 1.23 bits per heavy atom. The Labute approximate surface area is 295 Å². The molecule has 2 saturated heterocycles. The first-order chi connectivity index (χ1) is 24.6. The Balaban J connectivity index is 0.000000367. The van der Waals surface area contributed by atoms with Gasteiger partial charge in [-0.2, -0.15) is 26.3 Å². The summed E-state index contributed by atoms with van der Waals surface area (Å²) in [6.07, 6.45) is -3.85. The maximum Gasteiger partial charge on any atom is 0.490 e. The van der Waals surface area contributed by atoms with Gasteiger partial charge in [-0.05, 0) is 68.0 Å². The average molecular weight is 734 g/mol. The first-order valence-corrected chi connectivity index (χ1v) is 16.3. The summed E-state index contributed by atoms with van der Waals surface area (Å²) in [6.45, 7) is 5.37. The molecule has 1 spiro atoms. The van der Waals surface area contributed by atoms with Crippen molar-refractivity contribution >= 4 is 28.7 Å². The third kappa shape index (κ3) is 11.2. The molecule has 0 aliphatic carbocycles. The van der Waals surface area contributed by atoms with Gasteiger partial charge in [-0.25, -0.2) is 9.59 Å². The molecule has 2 fully saturated rings. The fraction of sp³-hybridized carbons (Fsp3) is 0.351. The molecule has 1 aromatic heterocycles. The molecule has 0 radical (unpaired) electrons. The summed E-state index contributed by atoms with van der Waals surface area (Å²) in [7, 11) is 0. The third-order valence-corrected chi connectivity index (χ3v) is 9.00. The minimum Gasteiger partial charge on any atom is -0.489 e. The number of rotatable bonds is 6. The van der Waals surface area contributed by atoms with Crippen LogP contribution in [0.1, 0.15) is 47.2 Å². The fourth-order valence-corrected chi connectivity index (χ4v) is 6.07. The molecule has 15 heteroatoms. The van der Waals surface area contributed by atoms with Crippen LogP contribution in [0.15, 0.2) is 91.1 Å². The molecule has 1 amide bonds. The number of hydrogen-bond donors (Lipinski definition) is 2. The van der Waals surface area contributed by atoms with Crippen molar-refractivity contribution in [3.05, 3.63) is 108 Å². The lowest BCUT2D eigenvalue weighted by molar-refractivity contribution is -0.193. The second-order valence-corrected chi connectivity index (χ2v) is 12.4. The molecule has 0 unspecified atom stereocenters. The summed E-state index contributed by atoms with van der Waals surface area (Å²) in [4.78, 5) is 40.2. The number of pyridine rings is 1. The highest BCUT2D eigenvalue weighted by Crippen LogP contribution is 2.42. The molecule has 4 aromatic rings. The van der Waals surface area contributed by atoms with E-state index in [1.807, 2.05) is 36.4 Å². The van der Waals surface area contributed by atoms with Gasteiger partial charge < -0.3 is 19.8 Å². The third-order valence-electron chi connectivity index (χ3n) is 9.00. The molecule has 2 N–H and O–H groups in total. The van der Waals surface area contributed by atoms with Crippen molar-refractivity contribution in [1.82, 2.24) is 14.8 Å². The van der Waals surface area contributed by atoms with Gasteiger partial charge in [0.15, 0.2) is 0 Å². The van der Waals surface area contributed by atoms with Crippen molar-refractivity contribution in [2.75, 3.05) is 26.2 Å². The molecule has 278 valence electrons. The number of carboxylic acids is 2. The number of hydrogen-bond acceptors (Lipinski definition) is 6. The van der Waals surface area contributed by atoms with Crippen LogP contribution in [0.4, 0.5) is 26.3 Å². The highest BCUT2D eigenvalue weighted by Gasteiger charge is 2.40. The van der Waals surface area contributed by atoms with Gasteiger partial charge in [0.1, 0.15) is 12.4 Å². The minimum absolute atomic E-state index is 0.142. The smallest absolute Gasteiger partial charge is 0.489 e. The number of carbonyl (C=O) groups excluding carboxylic acids is 1. The number of carboxylic acid groups (broad SMARTS) is 2. The number of para-hydroxylation sites is 2. The normalized spacial score (nSPS) is 15.8. The van der Waals surface area contributed by atoms with E-state index < -0.39 is 24.3 Å². The van der Waals surface area contributed by atoms with E-state index in [0.717, 1.165) is 67.8 Å². The molecule has 6 rings (SSSR count). The van der Waals surface area contributed by atoms with E-state index in [9.17, 15) is 31.1 Å². The van der Waals surface area contributed by atoms with Gasteiger partial charge in [0.05, 0.1) is 11.1 Å². The van der Waals surface area contributed by atoms with Gasteiger partial charge in [0, 0.05) is 36.8 Å². The van der Waals surface area contributed by atoms with E-state index in [2.05, 4.69) is 63.3 Å². The molecular weight excluding hydrogens is 696 g/mol. The van der Waals surface area contributed by atoms with Crippen LogP contribution in [0.25, 0.3) is 10.9 Å². The Morgan fingerprint density at radius 1 is 0.712 bits per heavy atom. The van der Waals surface area contributed by atoms with Crippen LogP contribution in [-0.2, 0) is 22.7 Å². The van der Waals surface area contributed by atoms with Crippen LogP contribution in [0, 0.1) is 5.41 Å². The molecule has 3 aromatic carbocycles. The minimum atomic E-state index is -5.08. The number of carbonyl (C=O) groups is 3. The zero-order valence-electron chi connectivity index (χ0n) is 27.9. The quantitative estimate of drug-likeness (QED) is 0.195. The highest BCUT2D eigenvalue weighted by atomic mass is 19.4. The standard InChI is InChI=1S/C33H35N3O2.2C2HF3O2/c37-32(29-14-19-34-30-12-6-5-11-28(29)30)36-22-17-33(18-23-36)15-20-35(21-16-33)24-27-10-4-7-13-31(27)38-25-26-8-2-1-3-9-26;2*3-2(4,5)1(6)7/h1-14,19H,15-18,20-25H2;2*(H,6,7). The van der Waals surface area contributed by atoms with E-state index in [0.29, 0.717) is 12.0 Å². The Hall–Kier alpha value is -5.18. The molecule has 0 atom stereocenters. The number of likely N-dealkylation sites (tertiary alicyclic amines) is 2. The predicted octanol–water partition coefficient (Wildman–Crippen LogP) is 7.60. The van der Waals surface area contributed by atoms with Gasteiger partial charge in [-0.1, -0.05) is 66.7 Å². The van der Waals surface area contributed by atoms with E-state index in [1.54, 1.807) is 6.20 Å². The number of ether oxygens (including phenoxy) is 1. The Bertz CT molecular complexity index is 1770. The number of nitrogens with zero attached hydrogens (tertiary/aromatic N) is 3. The molecule has 2 aliphatic heterocycles. The van der Waals surface area contributed by atoms with E-state index in [4.69, 9.17) is 24.5 Å². The molecular formula is C37H37F6N3O6. The number of halogens is 6. The van der Waals surface area contributed by atoms with Crippen molar-refractivity contribution in [1.29, 1.82) is 0 Å². The summed E-state index contributed by atoms with van der Waals surface area (Å²) in [5.74, 6) is -4.39.